The van der Waals surface area contributed by atoms with Crippen molar-refractivity contribution in [3.8, 4) is 0 Å². The van der Waals surface area contributed by atoms with Gasteiger partial charge in [-0.2, -0.15) is 0 Å². The Hall–Kier alpha value is -3.87. The van der Waals surface area contributed by atoms with Crippen molar-refractivity contribution in [2.24, 2.45) is 0 Å². The van der Waals surface area contributed by atoms with Gasteiger partial charge in [0.15, 0.2) is 0 Å². The molecule has 0 radical (unpaired) electrons. The summed E-state index contributed by atoms with van der Waals surface area (Å²) in [5, 5.41) is -0.103. The molecular weight excluding hydrogens is 514 g/mol. The molecule has 5 rings (SSSR count). The molecule has 204 valence electrons. The number of hydrogen-bond acceptors (Lipinski definition) is 4. The molecule has 0 aliphatic heterocycles. The van der Waals surface area contributed by atoms with Gasteiger partial charge in [-0.05, 0) is 61.2 Å². The summed E-state index contributed by atoms with van der Waals surface area (Å²) in [6, 6.07) is 35.0. The van der Waals surface area contributed by atoms with Crippen molar-refractivity contribution < 1.29 is 9.53 Å². The average Bonchev–Trinajstić information content (AvgIpc) is 3.35. The standard InChI is InChI=1S/C34H35N3O2S/c1-4-26-18-14-15-25(3)32(26)37(24-39-5-2)31(38)23-36-30-22-13-12-21-29(30)35-34(36)33(27-16-8-6-9-17-27)40-28-19-10-7-11-20-28/h6-22,33H,4-5,23-24H2,1-3H3. The summed E-state index contributed by atoms with van der Waals surface area (Å²) in [6.45, 7) is 7.01. The summed E-state index contributed by atoms with van der Waals surface area (Å²) >= 11 is 1.75. The van der Waals surface area contributed by atoms with Gasteiger partial charge in [0.05, 0.1) is 22.0 Å². The second-order valence-electron chi connectivity index (χ2n) is 9.65. The zero-order valence-electron chi connectivity index (χ0n) is 23.3. The molecule has 5 nitrogen and oxygen atoms in total. The first-order valence-corrected chi connectivity index (χ1v) is 14.7. The molecule has 0 bridgehead atoms. The molecular formula is C34H35N3O2S. The lowest BCUT2D eigenvalue weighted by Crippen LogP contribution is -2.37. The third kappa shape index (κ3) is 5.98. The van der Waals surface area contributed by atoms with Crippen LogP contribution in [-0.4, -0.2) is 28.8 Å². The van der Waals surface area contributed by atoms with Gasteiger partial charge in [-0.1, -0.05) is 85.8 Å². The molecule has 1 heterocycles. The van der Waals surface area contributed by atoms with Crippen LogP contribution in [0.3, 0.4) is 0 Å². The number of para-hydroxylation sites is 3. The highest BCUT2D eigenvalue weighted by Gasteiger charge is 2.27. The maximum atomic E-state index is 14.2. The van der Waals surface area contributed by atoms with Crippen LogP contribution in [0.2, 0.25) is 0 Å². The smallest absolute Gasteiger partial charge is 0.248 e. The Morgan fingerprint density at radius 2 is 1.60 bits per heavy atom. The van der Waals surface area contributed by atoms with Crippen LogP contribution in [0.5, 0.6) is 0 Å². The van der Waals surface area contributed by atoms with E-state index in [0.29, 0.717) is 6.61 Å². The number of thioether (sulfide) groups is 1. The Kier molecular flexibility index (Phi) is 8.99. The second-order valence-corrected chi connectivity index (χ2v) is 10.8. The topological polar surface area (TPSA) is 47.4 Å². The van der Waals surface area contributed by atoms with Crippen molar-refractivity contribution in [2.75, 3.05) is 18.2 Å². The fraction of sp³-hybridized carbons (Fsp3) is 0.235. The quantitative estimate of drug-likeness (QED) is 0.124. The molecule has 0 fully saturated rings. The Morgan fingerprint density at radius 1 is 0.900 bits per heavy atom. The molecule has 1 amide bonds. The first kappa shape index (κ1) is 27.7. The van der Waals surface area contributed by atoms with Gasteiger partial charge in [-0.3, -0.25) is 9.69 Å². The van der Waals surface area contributed by atoms with E-state index in [1.54, 1.807) is 16.7 Å². The lowest BCUT2D eigenvalue weighted by Gasteiger charge is -2.27. The van der Waals surface area contributed by atoms with Crippen LogP contribution < -0.4 is 4.90 Å². The summed E-state index contributed by atoms with van der Waals surface area (Å²) < 4.78 is 7.93. The number of imidazole rings is 1. The number of amides is 1. The van der Waals surface area contributed by atoms with E-state index < -0.39 is 0 Å². The zero-order chi connectivity index (χ0) is 27.9. The lowest BCUT2D eigenvalue weighted by molar-refractivity contribution is -0.120. The Labute approximate surface area is 240 Å². The lowest BCUT2D eigenvalue weighted by atomic mass is 10.0. The van der Waals surface area contributed by atoms with Gasteiger partial charge in [0.2, 0.25) is 5.91 Å². The number of rotatable bonds is 11. The fourth-order valence-electron chi connectivity index (χ4n) is 5.05. The van der Waals surface area contributed by atoms with Crippen molar-refractivity contribution in [1.29, 1.82) is 0 Å². The minimum atomic E-state index is -0.103. The number of aryl methyl sites for hydroxylation is 2. The number of fused-ring (bicyclic) bond motifs is 1. The SMILES string of the molecule is CCOCN(C(=O)Cn1c(C(Sc2ccccc2)c2ccccc2)nc2ccccc21)c1c(C)cccc1CC. The molecule has 0 saturated carbocycles. The predicted molar refractivity (Wildman–Crippen MR) is 165 cm³/mol. The van der Waals surface area contributed by atoms with Crippen molar-refractivity contribution in [1.82, 2.24) is 9.55 Å². The minimum Gasteiger partial charge on any atom is -0.361 e. The van der Waals surface area contributed by atoms with E-state index in [1.807, 2.05) is 49.4 Å². The first-order chi connectivity index (χ1) is 19.6. The largest absolute Gasteiger partial charge is 0.361 e. The molecule has 5 aromatic rings. The maximum absolute atomic E-state index is 14.2. The summed E-state index contributed by atoms with van der Waals surface area (Å²) in [5.41, 5.74) is 6.08. The molecule has 0 N–H and O–H groups in total. The van der Waals surface area contributed by atoms with Gasteiger partial charge in [0, 0.05) is 11.5 Å². The highest BCUT2D eigenvalue weighted by molar-refractivity contribution is 7.99. The number of carbonyl (C=O) groups excluding carboxylic acids is 1. The third-order valence-corrected chi connectivity index (χ3v) is 8.27. The minimum absolute atomic E-state index is 0.0293. The predicted octanol–water partition coefficient (Wildman–Crippen LogP) is 7.82. The number of aromatic nitrogens is 2. The van der Waals surface area contributed by atoms with Crippen molar-refractivity contribution in [3.63, 3.8) is 0 Å². The number of hydrogen-bond donors (Lipinski definition) is 0. The second kappa shape index (κ2) is 13.0. The van der Waals surface area contributed by atoms with Gasteiger partial charge < -0.3 is 9.30 Å². The van der Waals surface area contributed by atoms with Gasteiger partial charge in [-0.25, -0.2) is 4.98 Å². The van der Waals surface area contributed by atoms with Crippen molar-refractivity contribution in [3.05, 3.63) is 126 Å². The molecule has 4 aromatic carbocycles. The number of ether oxygens (including phenoxy) is 1. The van der Waals surface area contributed by atoms with Gasteiger partial charge in [0.1, 0.15) is 19.1 Å². The van der Waals surface area contributed by atoms with Gasteiger partial charge in [0.25, 0.3) is 0 Å². The summed E-state index contributed by atoms with van der Waals surface area (Å²) in [4.78, 5) is 22.3. The van der Waals surface area contributed by atoms with E-state index in [-0.39, 0.29) is 24.4 Å². The molecule has 0 aliphatic carbocycles. The van der Waals surface area contributed by atoms with E-state index in [9.17, 15) is 4.79 Å². The normalized spacial score (nSPS) is 12.0. The summed E-state index contributed by atoms with van der Waals surface area (Å²) in [5.74, 6) is 0.824. The Balaban J connectivity index is 1.61. The molecule has 6 heteroatoms. The molecule has 1 atom stereocenters. The average molecular weight is 550 g/mol. The van der Waals surface area contributed by atoms with Crippen LogP contribution in [0, 0.1) is 6.92 Å². The molecule has 0 saturated heterocycles. The summed E-state index contributed by atoms with van der Waals surface area (Å²) in [7, 11) is 0. The van der Waals surface area contributed by atoms with E-state index >= 15 is 0 Å². The van der Waals surface area contributed by atoms with Gasteiger partial charge >= 0.3 is 0 Å². The van der Waals surface area contributed by atoms with Crippen LogP contribution in [0.25, 0.3) is 11.0 Å². The third-order valence-electron chi connectivity index (χ3n) is 7.01. The molecule has 1 aromatic heterocycles. The summed E-state index contributed by atoms with van der Waals surface area (Å²) in [6.07, 6.45) is 0.829. The van der Waals surface area contributed by atoms with Crippen molar-refractivity contribution >= 4 is 34.4 Å². The monoisotopic (exact) mass is 549 g/mol. The van der Waals surface area contributed by atoms with Crippen LogP contribution >= 0.6 is 11.8 Å². The van der Waals surface area contributed by atoms with Crippen molar-refractivity contribution in [2.45, 2.75) is 43.9 Å². The Morgan fingerprint density at radius 3 is 2.33 bits per heavy atom. The number of nitrogens with zero attached hydrogens (tertiary/aromatic N) is 3. The maximum Gasteiger partial charge on any atom is 0.248 e. The van der Waals surface area contributed by atoms with E-state index in [4.69, 9.17) is 9.72 Å². The van der Waals surface area contributed by atoms with E-state index in [2.05, 4.69) is 79.1 Å². The van der Waals surface area contributed by atoms with Crippen LogP contribution in [0.15, 0.2) is 108 Å². The van der Waals surface area contributed by atoms with Crippen LogP contribution in [-0.2, 0) is 22.5 Å². The van der Waals surface area contributed by atoms with Gasteiger partial charge in [-0.15, -0.1) is 11.8 Å². The number of benzene rings is 4. The first-order valence-electron chi connectivity index (χ1n) is 13.8. The van der Waals surface area contributed by atoms with Crippen LogP contribution in [0.1, 0.15) is 41.6 Å². The van der Waals surface area contributed by atoms with E-state index in [0.717, 1.165) is 50.6 Å². The molecule has 40 heavy (non-hydrogen) atoms. The highest BCUT2D eigenvalue weighted by Crippen LogP contribution is 2.41. The van der Waals surface area contributed by atoms with E-state index in [1.165, 1.54) is 0 Å². The molecule has 1 unspecified atom stereocenters. The molecule has 0 spiro atoms. The number of carbonyl (C=O) groups is 1. The fourth-order valence-corrected chi connectivity index (χ4v) is 6.21. The number of anilines is 1. The van der Waals surface area contributed by atoms with Crippen LogP contribution in [0.4, 0.5) is 5.69 Å². The molecule has 0 aliphatic rings. The zero-order valence-corrected chi connectivity index (χ0v) is 24.1. The Bertz CT molecular complexity index is 1570. The highest BCUT2D eigenvalue weighted by atomic mass is 32.2.